The summed E-state index contributed by atoms with van der Waals surface area (Å²) in [6, 6.07) is 1.70. The van der Waals surface area contributed by atoms with Gasteiger partial charge >= 0.3 is 0 Å². The summed E-state index contributed by atoms with van der Waals surface area (Å²) in [5, 5.41) is 0.498. The standard InChI is InChI=1S/C23H33N3O4/c1-8-17(27)20(28)16-15-25-21-19(16)18(9-12-24-21)30-23(4,5)11-14-29-22(2,3)10-13-26(6)7/h8-9,12,15H,1,10-11,13-14H2,2-7H3,(H,24,25). The van der Waals surface area contributed by atoms with Gasteiger partial charge in [0.1, 0.15) is 17.0 Å². The van der Waals surface area contributed by atoms with Crippen molar-refractivity contribution in [3.05, 3.63) is 36.7 Å². The molecule has 0 bridgehead atoms. The number of allylic oxidation sites excluding steroid dienone is 1. The number of ketones is 2. The van der Waals surface area contributed by atoms with Crippen molar-refractivity contribution in [1.29, 1.82) is 0 Å². The molecule has 30 heavy (non-hydrogen) atoms. The van der Waals surface area contributed by atoms with Crippen molar-refractivity contribution in [2.45, 2.75) is 51.7 Å². The van der Waals surface area contributed by atoms with E-state index in [0.29, 0.717) is 29.8 Å². The first kappa shape index (κ1) is 23.8. The van der Waals surface area contributed by atoms with Gasteiger partial charge in [0.15, 0.2) is 0 Å². The van der Waals surface area contributed by atoms with E-state index in [9.17, 15) is 9.59 Å². The van der Waals surface area contributed by atoms with Gasteiger partial charge in [0, 0.05) is 25.4 Å². The van der Waals surface area contributed by atoms with Crippen molar-refractivity contribution in [2.75, 3.05) is 27.2 Å². The molecule has 7 nitrogen and oxygen atoms in total. The van der Waals surface area contributed by atoms with E-state index in [1.807, 2.05) is 27.9 Å². The molecule has 164 valence electrons. The molecule has 2 aromatic heterocycles. The number of H-pyrrole nitrogens is 1. The quantitative estimate of drug-likeness (QED) is 0.322. The summed E-state index contributed by atoms with van der Waals surface area (Å²) in [6.45, 7) is 13.0. The largest absolute Gasteiger partial charge is 0.487 e. The average Bonchev–Trinajstić information content (AvgIpc) is 3.10. The highest BCUT2D eigenvalue weighted by molar-refractivity contribution is 6.49. The van der Waals surface area contributed by atoms with Crippen LogP contribution in [0.5, 0.6) is 5.75 Å². The van der Waals surface area contributed by atoms with E-state index in [4.69, 9.17) is 9.47 Å². The molecule has 0 saturated carbocycles. The van der Waals surface area contributed by atoms with Gasteiger partial charge in [-0.1, -0.05) is 6.58 Å². The maximum Gasteiger partial charge on any atom is 0.235 e. The highest BCUT2D eigenvalue weighted by Gasteiger charge is 2.27. The number of aromatic nitrogens is 2. The highest BCUT2D eigenvalue weighted by Crippen LogP contribution is 2.32. The van der Waals surface area contributed by atoms with E-state index in [2.05, 4.69) is 35.3 Å². The molecule has 0 aliphatic heterocycles. The first-order chi connectivity index (χ1) is 14.0. The number of carbonyl (C=O) groups is 2. The number of Topliss-reactive ketones (excluding diaryl/α,β-unsaturated/α-hetero) is 1. The van der Waals surface area contributed by atoms with E-state index >= 15 is 0 Å². The number of nitrogens with one attached hydrogen (secondary N) is 1. The average molecular weight is 416 g/mol. The molecule has 1 N–H and O–H groups in total. The minimum absolute atomic E-state index is 0.227. The molecule has 0 radical (unpaired) electrons. The normalized spacial score (nSPS) is 12.4. The molecular weight excluding hydrogens is 382 g/mol. The zero-order valence-corrected chi connectivity index (χ0v) is 18.9. The van der Waals surface area contributed by atoms with Crippen LogP contribution in [-0.4, -0.2) is 64.9 Å². The number of carbonyl (C=O) groups excluding carboxylic acids is 2. The highest BCUT2D eigenvalue weighted by atomic mass is 16.5. The molecule has 0 aliphatic rings. The van der Waals surface area contributed by atoms with Crippen molar-refractivity contribution >= 4 is 22.6 Å². The zero-order chi connectivity index (χ0) is 22.5. The third kappa shape index (κ3) is 6.24. The van der Waals surface area contributed by atoms with Gasteiger partial charge in [0.25, 0.3) is 0 Å². The number of ether oxygens (including phenoxy) is 2. The van der Waals surface area contributed by atoms with E-state index in [0.717, 1.165) is 19.0 Å². The summed E-state index contributed by atoms with van der Waals surface area (Å²) in [6.07, 6.45) is 5.68. The predicted molar refractivity (Wildman–Crippen MR) is 118 cm³/mol. The van der Waals surface area contributed by atoms with Crippen LogP contribution < -0.4 is 4.74 Å². The Bertz CT molecular complexity index is 912. The Balaban J connectivity index is 2.13. The summed E-state index contributed by atoms with van der Waals surface area (Å²) in [4.78, 5) is 33.5. The van der Waals surface area contributed by atoms with Gasteiger partial charge < -0.3 is 19.4 Å². The molecule has 0 spiro atoms. The second-order valence-electron chi connectivity index (χ2n) is 8.91. The Morgan fingerprint density at radius 2 is 1.90 bits per heavy atom. The van der Waals surface area contributed by atoms with E-state index < -0.39 is 17.2 Å². The Hall–Kier alpha value is -2.51. The fraction of sp³-hybridized carbons (Fsp3) is 0.522. The van der Waals surface area contributed by atoms with Gasteiger partial charge in [-0.2, -0.15) is 0 Å². The fourth-order valence-corrected chi connectivity index (χ4v) is 3.00. The molecule has 0 aliphatic carbocycles. The Labute approximate surface area is 178 Å². The summed E-state index contributed by atoms with van der Waals surface area (Å²) in [5.74, 6) is -0.811. The second-order valence-corrected chi connectivity index (χ2v) is 8.91. The number of hydrogen-bond acceptors (Lipinski definition) is 6. The lowest BCUT2D eigenvalue weighted by molar-refractivity contribution is -0.110. The van der Waals surface area contributed by atoms with Gasteiger partial charge in [-0.25, -0.2) is 4.98 Å². The van der Waals surface area contributed by atoms with Crippen LogP contribution in [0.25, 0.3) is 11.0 Å². The lowest BCUT2D eigenvalue weighted by Crippen LogP contribution is -2.34. The maximum absolute atomic E-state index is 12.4. The number of pyridine rings is 1. The summed E-state index contributed by atoms with van der Waals surface area (Å²) in [7, 11) is 4.09. The molecule has 2 aromatic rings. The summed E-state index contributed by atoms with van der Waals surface area (Å²) in [5.41, 5.74) is -0.0546. The Morgan fingerprint density at radius 1 is 1.20 bits per heavy atom. The molecule has 0 amide bonds. The Morgan fingerprint density at radius 3 is 2.53 bits per heavy atom. The van der Waals surface area contributed by atoms with Gasteiger partial charge in [-0.05, 0) is 60.4 Å². The van der Waals surface area contributed by atoms with Crippen LogP contribution in [0, 0.1) is 0 Å². The van der Waals surface area contributed by atoms with E-state index in [1.54, 1.807) is 12.3 Å². The monoisotopic (exact) mass is 415 g/mol. The molecule has 0 aromatic carbocycles. The van der Waals surface area contributed by atoms with Gasteiger partial charge in [-0.3, -0.25) is 9.59 Å². The molecule has 7 heteroatoms. The lowest BCUT2D eigenvalue weighted by Gasteiger charge is -2.31. The van der Waals surface area contributed by atoms with Crippen molar-refractivity contribution in [2.24, 2.45) is 0 Å². The number of rotatable bonds is 12. The van der Waals surface area contributed by atoms with Crippen LogP contribution in [0.15, 0.2) is 31.1 Å². The van der Waals surface area contributed by atoms with Crippen molar-refractivity contribution in [3.63, 3.8) is 0 Å². The first-order valence-electron chi connectivity index (χ1n) is 10.1. The van der Waals surface area contributed by atoms with E-state index in [-0.39, 0.29) is 11.2 Å². The molecule has 0 atom stereocenters. The third-order valence-electron chi connectivity index (χ3n) is 4.93. The number of fused-ring (bicyclic) bond motifs is 1. The van der Waals surface area contributed by atoms with Crippen LogP contribution in [0.2, 0.25) is 0 Å². The van der Waals surface area contributed by atoms with Crippen LogP contribution in [0.4, 0.5) is 0 Å². The molecule has 2 heterocycles. The molecule has 2 rings (SSSR count). The summed E-state index contributed by atoms with van der Waals surface area (Å²) < 4.78 is 12.4. The van der Waals surface area contributed by atoms with Gasteiger partial charge in [0.2, 0.25) is 11.6 Å². The zero-order valence-electron chi connectivity index (χ0n) is 18.9. The summed E-state index contributed by atoms with van der Waals surface area (Å²) >= 11 is 0. The molecule has 0 saturated heterocycles. The third-order valence-corrected chi connectivity index (χ3v) is 4.93. The second kappa shape index (κ2) is 9.53. The molecular formula is C23H33N3O4. The predicted octanol–water partition coefficient (Wildman–Crippen LogP) is 3.80. The molecule has 0 fully saturated rings. The lowest BCUT2D eigenvalue weighted by atomic mass is 10.0. The fourth-order valence-electron chi connectivity index (χ4n) is 3.00. The van der Waals surface area contributed by atoms with Crippen LogP contribution >= 0.6 is 0 Å². The number of nitrogens with zero attached hydrogens (tertiary/aromatic N) is 2. The smallest absolute Gasteiger partial charge is 0.235 e. The van der Waals surface area contributed by atoms with Crippen LogP contribution in [0.1, 0.15) is 50.9 Å². The van der Waals surface area contributed by atoms with Crippen molar-refractivity contribution in [1.82, 2.24) is 14.9 Å². The van der Waals surface area contributed by atoms with Crippen LogP contribution in [0.3, 0.4) is 0 Å². The minimum atomic E-state index is -0.668. The minimum Gasteiger partial charge on any atom is -0.487 e. The first-order valence-corrected chi connectivity index (χ1v) is 10.1. The Kier molecular flexibility index (Phi) is 7.55. The SMILES string of the molecule is C=CC(=O)C(=O)c1c[nH]c2nccc(OC(C)(C)CCOC(C)(C)CCN(C)C)c12. The van der Waals surface area contributed by atoms with Gasteiger partial charge in [0.05, 0.1) is 23.2 Å². The number of hydrogen-bond donors (Lipinski definition) is 1. The van der Waals surface area contributed by atoms with Gasteiger partial charge in [-0.15, -0.1) is 0 Å². The van der Waals surface area contributed by atoms with Crippen molar-refractivity contribution in [3.8, 4) is 5.75 Å². The van der Waals surface area contributed by atoms with E-state index in [1.165, 1.54) is 6.20 Å². The topological polar surface area (TPSA) is 84.5 Å². The maximum atomic E-state index is 12.4. The molecule has 0 unspecified atom stereocenters. The van der Waals surface area contributed by atoms with Crippen LogP contribution in [-0.2, 0) is 9.53 Å². The van der Waals surface area contributed by atoms with Crippen molar-refractivity contribution < 1.29 is 19.1 Å². The number of aromatic amines is 1.